The number of hydrogen-bond acceptors (Lipinski definition) is 6. The number of aryl methyl sites for hydroxylation is 1. The number of rotatable bonds is 4. The molecule has 0 aromatic heterocycles. The number of carbonyl (C=O) groups excluding carboxylic acids is 3. The second kappa shape index (κ2) is 7.91. The summed E-state index contributed by atoms with van der Waals surface area (Å²) in [4.78, 5) is 37.6. The smallest absolute Gasteiger partial charge is 0.257 e. The highest BCUT2D eigenvalue weighted by atomic mass is 32.2. The van der Waals surface area contributed by atoms with Crippen molar-refractivity contribution in [3.05, 3.63) is 59.2 Å². The maximum absolute atomic E-state index is 13.2. The fraction of sp³-hybridized carbons (Fsp3) is 0.318. The van der Waals surface area contributed by atoms with E-state index in [4.69, 9.17) is 9.47 Å². The van der Waals surface area contributed by atoms with E-state index in [1.165, 1.54) is 12.5 Å². The molecule has 29 heavy (non-hydrogen) atoms. The Morgan fingerprint density at radius 2 is 1.83 bits per heavy atom. The minimum absolute atomic E-state index is 0.0434. The van der Waals surface area contributed by atoms with Crippen LogP contribution in [0.1, 0.15) is 34.8 Å². The van der Waals surface area contributed by atoms with Crippen molar-refractivity contribution in [2.45, 2.75) is 26.2 Å². The molecule has 0 saturated heterocycles. The molecule has 0 spiro atoms. The highest BCUT2D eigenvalue weighted by molar-refractivity contribution is 8.13. The molecule has 2 amide bonds. The van der Waals surface area contributed by atoms with Gasteiger partial charge < -0.3 is 9.47 Å². The van der Waals surface area contributed by atoms with Crippen molar-refractivity contribution in [1.82, 2.24) is 5.32 Å². The predicted molar refractivity (Wildman–Crippen MR) is 109 cm³/mol. The van der Waals surface area contributed by atoms with Crippen LogP contribution in [0.5, 0.6) is 11.5 Å². The summed E-state index contributed by atoms with van der Waals surface area (Å²) in [5, 5.41) is 2.51. The molecule has 4 rings (SSSR count). The molecule has 0 radical (unpaired) electrons. The molecule has 1 aliphatic carbocycles. The first kappa shape index (κ1) is 19.5. The van der Waals surface area contributed by atoms with Crippen LogP contribution in [0.4, 0.5) is 0 Å². The lowest BCUT2D eigenvalue weighted by Gasteiger charge is -2.36. The minimum Gasteiger partial charge on any atom is -0.454 e. The van der Waals surface area contributed by atoms with E-state index >= 15 is 0 Å². The third-order valence-electron chi connectivity index (χ3n) is 5.42. The molecule has 0 saturated carbocycles. The molecule has 2 aliphatic rings. The van der Waals surface area contributed by atoms with E-state index in [2.05, 4.69) is 11.4 Å². The first-order valence-corrected chi connectivity index (χ1v) is 10.4. The average molecular weight is 411 g/mol. The molecule has 7 heteroatoms. The second-order valence-corrected chi connectivity index (χ2v) is 8.51. The summed E-state index contributed by atoms with van der Waals surface area (Å²) in [5.74, 6) is 0.573. The highest BCUT2D eigenvalue weighted by Gasteiger charge is 2.42. The number of nitrogens with one attached hydrogen (secondary N) is 1. The minimum atomic E-state index is -0.809. The predicted octanol–water partition coefficient (Wildman–Crippen LogP) is 3.13. The molecule has 2 aromatic carbocycles. The van der Waals surface area contributed by atoms with Gasteiger partial charge in [-0.2, -0.15) is 0 Å². The van der Waals surface area contributed by atoms with E-state index in [-0.39, 0.29) is 17.8 Å². The van der Waals surface area contributed by atoms with Gasteiger partial charge in [-0.3, -0.25) is 19.7 Å². The fourth-order valence-electron chi connectivity index (χ4n) is 3.77. The Morgan fingerprint density at radius 3 is 2.62 bits per heavy atom. The summed E-state index contributed by atoms with van der Waals surface area (Å²) < 4.78 is 10.6. The summed E-state index contributed by atoms with van der Waals surface area (Å²) in [5.41, 5.74) is 1.82. The van der Waals surface area contributed by atoms with Gasteiger partial charge in [-0.25, -0.2) is 0 Å². The zero-order valence-electron chi connectivity index (χ0n) is 16.0. The zero-order chi connectivity index (χ0) is 20.4. The van der Waals surface area contributed by atoms with Crippen LogP contribution in [-0.4, -0.2) is 29.5 Å². The van der Waals surface area contributed by atoms with Crippen molar-refractivity contribution in [3.63, 3.8) is 0 Å². The Hall–Kier alpha value is -2.80. The molecule has 1 unspecified atom stereocenters. The van der Waals surface area contributed by atoms with Crippen LogP contribution in [0.2, 0.25) is 0 Å². The topological polar surface area (TPSA) is 81.7 Å². The number of ether oxygens (including phenoxy) is 2. The third-order valence-corrected chi connectivity index (χ3v) is 6.52. The summed E-state index contributed by atoms with van der Waals surface area (Å²) in [6, 6.07) is 12.8. The van der Waals surface area contributed by atoms with Crippen molar-refractivity contribution in [1.29, 1.82) is 0 Å². The van der Waals surface area contributed by atoms with Gasteiger partial charge in [0.05, 0.1) is 5.41 Å². The van der Waals surface area contributed by atoms with Crippen LogP contribution in [0.25, 0.3) is 0 Å². The molecule has 1 atom stereocenters. The number of fused-ring (bicyclic) bond motifs is 2. The third kappa shape index (κ3) is 4.00. The van der Waals surface area contributed by atoms with E-state index in [0.29, 0.717) is 35.7 Å². The summed E-state index contributed by atoms with van der Waals surface area (Å²) in [6.45, 7) is 1.61. The fourth-order valence-corrected chi connectivity index (χ4v) is 4.63. The van der Waals surface area contributed by atoms with Gasteiger partial charge in [0.2, 0.25) is 12.7 Å². The Balaban J connectivity index is 1.55. The normalized spacial score (nSPS) is 19.3. The highest BCUT2D eigenvalue weighted by Crippen LogP contribution is 2.39. The van der Waals surface area contributed by atoms with Gasteiger partial charge >= 0.3 is 0 Å². The van der Waals surface area contributed by atoms with Gasteiger partial charge in [0.15, 0.2) is 16.6 Å². The molecule has 1 heterocycles. The van der Waals surface area contributed by atoms with Gasteiger partial charge in [-0.1, -0.05) is 36.0 Å². The molecule has 6 nitrogen and oxygen atoms in total. The van der Waals surface area contributed by atoms with E-state index < -0.39 is 11.3 Å². The number of benzene rings is 2. The lowest BCUT2D eigenvalue weighted by atomic mass is 9.72. The largest absolute Gasteiger partial charge is 0.454 e. The monoisotopic (exact) mass is 411 g/mol. The SMILES string of the molecule is CC(=O)SCC1(C(=O)NC(=O)c2ccc3c(c2)OCO3)CCc2ccccc2C1. The van der Waals surface area contributed by atoms with E-state index in [1.807, 2.05) is 18.2 Å². The molecule has 150 valence electrons. The molecule has 0 fully saturated rings. The van der Waals surface area contributed by atoms with Crippen LogP contribution >= 0.6 is 11.8 Å². The van der Waals surface area contributed by atoms with Crippen LogP contribution in [0, 0.1) is 5.41 Å². The molecular weight excluding hydrogens is 390 g/mol. The van der Waals surface area contributed by atoms with Crippen molar-refractivity contribution >= 4 is 28.7 Å². The van der Waals surface area contributed by atoms with Crippen LogP contribution in [0.15, 0.2) is 42.5 Å². The number of amides is 2. The Labute approximate surface area is 173 Å². The van der Waals surface area contributed by atoms with Crippen molar-refractivity contribution in [2.24, 2.45) is 5.41 Å². The van der Waals surface area contributed by atoms with Crippen molar-refractivity contribution in [2.75, 3.05) is 12.5 Å². The van der Waals surface area contributed by atoms with Gasteiger partial charge in [0.25, 0.3) is 5.91 Å². The molecule has 1 N–H and O–H groups in total. The Morgan fingerprint density at radius 1 is 1.07 bits per heavy atom. The molecule has 0 bridgehead atoms. The number of thioether (sulfide) groups is 1. The number of hydrogen-bond donors (Lipinski definition) is 1. The quantitative estimate of drug-likeness (QED) is 0.779. The van der Waals surface area contributed by atoms with Gasteiger partial charge in [0.1, 0.15) is 0 Å². The first-order chi connectivity index (χ1) is 14.0. The lowest BCUT2D eigenvalue weighted by Crippen LogP contribution is -2.48. The second-order valence-electron chi connectivity index (χ2n) is 7.36. The van der Waals surface area contributed by atoms with Crippen molar-refractivity contribution < 1.29 is 23.9 Å². The summed E-state index contributed by atoms with van der Waals surface area (Å²) >= 11 is 1.13. The van der Waals surface area contributed by atoms with Gasteiger partial charge in [-0.05, 0) is 48.6 Å². The standard InChI is InChI=1S/C22H21NO5S/c1-14(24)29-12-22(9-8-15-4-2-3-5-17(15)11-22)21(26)23-20(25)16-6-7-18-19(10-16)28-13-27-18/h2-7,10H,8-9,11-13H2,1H3,(H,23,25,26). The number of carbonyl (C=O) groups is 3. The van der Waals surface area contributed by atoms with Crippen LogP contribution in [-0.2, 0) is 22.4 Å². The first-order valence-electron chi connectivity index (χ1n) is 9.42. The van der Waals surface area contributed by atoms with E-state index in [1.54, 1.807) is 18.2 Å². The summed E-state index contributed by atoms with van der Waals surface area (Å²) in [6.07, 6.45) is 1.83. The van der Waals surface area contributed by atoms with Gasteiger partial charge in [-0.15, -0.1) is 0 Å². The number of imide groups is 1. The molecular formula is C22H21NO5S. The maximum Gasteiger partial charge on any atom is 0.257 e. The average Bonchev–Trinajstić information content (AvgIpc) is 3.19. The van der Waals surface area contributed by atoms with Crippen molar-refractivity contribution in [3.8, 4) is 11.5 Å². The summed E-state index contributed by atoms with van der Waals surface area (Å²) in [7, 11) is 0. The Kier molecular flexibility index (Phi) is 5.32. The Bertz CT molecular complexity index is 989. The van der Waals surface area contributed by atoms with Crippen LogP contribution < -0.4 is 14.8 Å². The zero-order valence-corrected chi connectivity index (χ0v) is 16.8. The maximum atomic E-state index is 13.2. The van der Waals surface area contributed by atoms with E-state index in [0.717, 1.165) is 23.7 Å². The lowest BCUT2D eigenvalue weighted by molar-refractivity contribution is -0.129. The molecule has 2 aromatic rings. The molecule has 1 aliphatic heterocycles. The van der Waals surface area contributed by atoms with E-state index in [9.17, 15) is 14.4 Å². The van der Waals surface area contributed by atoms with Crippen LogP contribution in [0.3, 0.4) is 0 Å². The van der Waals surface area contributed by atoms with Gasteiger partial charge in [0, 0.05) is 18.2 Å².